The fourth-order valence-corrected chi connectivity index (χ4v) is 5.95. The molecule has 1 aliphatic rings. The van der Waals surface area contributed by atoms with Gasteiger partial charge in [-0.2, -0.15) is 0 Å². The third-order valence-corrected chi connectivity index (χ3v) is 7.32. The lowest BCUT2D eigenvalue weighted by atomic mass is 10.1. The summed E-state index contributed by atoms with van der Waals surface area (Å²) in [5.74, 6) is -0.418. The maximum Gasteiger partial charge on any atom is 0.347 e. The van der Waals surface area contributed by atoms with E-state index in [4.69, 9.17) is 14.2 Å². The maximum absolute atomic E-state index is 12.1. The van der Waals surface area contributed by atoms with Crippen LogP contribution in [0.3, 0.4) is 0 Å². The van der Waals surface area contributed by atoms with Crippen LogP contribution in [0.25, 0.3) is 0 Å². The molecule has 4 rings (SSSR count). The normalized spacial score (nSPS) is 15.5. The zero-order valence-electron chi connectivity index (χ0n) is 18.1. The Kier molecular flexibility index (Phi) is 6.81. The largest absolute Gasteiger partial charge is 0.481 e. The number of cyclic esters (lactones) is 1. The Balaban J connectivity index is 1.55. The summed E-state index contributed by atoms with van der Waals surface area (Å²) in [6.45, 7) is 3.97. The van der Waals surface area contributed by atoms with Crippen molar-refractivity contribution in [2.24, 2.45) is 0 Å². The molecule has 5 nitrogen and oxygen atoms in total. The van der Waals surface area contributed by atoms with Crippen LogP contribution in [0.15, 0.2) is 87.5 Å². The number of hydrogen-bond acceptors (Lipinski definition) is 5. The number of aryl methyl sites for hydroxylation is 2. The van der Waals surface area contributed by atoms with Gasteiger partial charge in [-0.05, 0) is 49.2 Å². The van der Waals surface area contributed by atoms with Crippen LogP contribution in [0.5, 0.6) is 5.75 Å². The average molecular weight is 450 g/mol. The molecule has 1 fully saturated rings. The molecule has 1 heterocycles. The molecule has 1 unspecified atom stereocenters. The molecule has 1 aliphatic heterocycles. The molecule has 0 aromatic heterocycles. The molecule has 164 valence electrons. The Bertz CT molecular complexity index is 1040. The second-order valence-corrected chi connectivity index (χ2v) is 9.57. The molecular formula is C26H25O5S+. The van der Waals surface area contributed by atoms with Gasteiger partial charge in [0.25, 0.3) is 0 Å². The Morgan fingerprint density at radius 1 is 0.938 bits per heavy atom. The van der Waals surface area contributed by atoms with Crippen molar-refractivity contribution < 1.29 is 23.8 Å². The van der Waals surface area contributed by atoms with Crippen LogP contribution in [0, 0.1) is 13.8 Å². The first-order chi connectivity index (χ1) is 15.5. The molecule has 3 aromatic rings. The standard InChI is InChI=1S/C26H25O5S/c1-18-15-22(32(20-9-5-3-6-10-20)21-11-7-4-8-12-21)16-19(2)25(18)30-17-24(27)31-23-13-14-29-26(23)28/h3-12,15-16,23H,13-14,17H2,1-2H3/q+1. The van der Waals surface area contributed by atoms with E-state index < -0.39 is 18.0 Å². The van der Waals surface area contributed by atoms with Crippen LogP contribution < -0.4 is 4.74 Å². The Labute approximate surface area is 190 Å². The molecule has 3 aromatic carbocycles. The number of carbonyl (C=O) groups is 2. The third kappa shape index (κ3) is 4.97. The van der Waals surface area contributed by atoms with Crippen molar-refractivity contribution in [3.05, 3.63) is 83.9 Å². The summed E-state index contributed by atoms with van der Waals surface area (Å²) in [5.41, 5.74) is 1.88. The molecule has 0 saturated carbocycles. The van der Waals surface area contributed by atoms with E-state index in [2.05, 4.69) is 60.7 Å². The minimum Gasteiger partial charge on any atom is -0.481 e. The maximum atomic E-state index is 12.1. The van der Waals surface area contributed by atoms with Crippen molar-refractivity contribution >= 4 is 22.8 Å². The van der Waals surface area contributed by atoms with E-state index in [9.17, 15) is 9.59 Å². The predicted octanol–water partition coefficient (Wildman–Crippen LogP) is 4.64. The summed E-state index contributed by atoms with van der Waals surface area (Å²) in [5, 5.41) is 0. The first kappa shape index (κ1) is 22.0. The van der Waals surface area contributed by atoms with Crippen LogP contribution >= 0.6 is 0 Å². The molecule has 0 bridgehead atoms. The zero-order chi connectivity index (χ0) is 22.5. The highest BCUT2D eigenvalue weighted by atomic mass is 32.2. The van der Waals surface area contributed by atoms with Gasteiger partial charge in [-0.1, -0.05) is 36.4 Å². The van der Waals surface area contributed by atoms with Crippen LogP contribution in [-0.2, 0) is 30.0 Å². The molecule has 0 radical (unpaired) electrons. The van der Waals surface area contributed by atoms with E-state index in [0.717, 1.165) is 11.1 Å². The van der Waals surface area contributed by atoms with Crippen LogP contribution in [0.1, 0.15) is 17.5 Å². The molecule has 1 atom stereocenters. The first-order valence-corrected chi connectivity index (χ1v) is 11.7. The quantitative estimate of drug-likeness (QED) is 0.389. The monoisotopic (exact) mass is 449 g/mol. The van der Waals surface area contributed by atoms with Gasteiger partial charge in [0, 0.05) is 18.6 Å². The summed E-state index contributed by atoms with van der Waals surface area (Å²) < 4.78 is 15.8. The van der Waals surface area contributed by atoms with E-state index in [0.29, 0.717) is 12.2 Å². The smallest absolute Gasteiger partial charge is 0.347 e. The topological polar surface area (TPSA) is 61.8 Å². The van der Waals surface area contributed by atoms with E-state index in [-0.39, 0.29) is 24.1 Å². The zero-order valence-corrected chi connectivity index (χ0v) is 18.9. The van der Waals surface area contributed by atoms with E-state index in [1.165, 1.54) is 14.7 Å². The van der Waals surface area contributed by atoms with Crippen molar-refractivity contribution in [3.63, 3.8) is 0 Å². The van der Waals surface area contributed by atoms with Gasteiger partial charge in [0.15, 0.2) is 21.3 Å². The average Bonchev–Trinajstić information content (AvgIpc) is 3.19. The number of benzene rings is 3. The summed E-state index contributed by atoms with van der Waals surface area (Å²) in [4.78, 5) is 27.3. The molecule has 32 heavy (non-hydrogen) atoms. The predicted molar refractivity (Wildman–Crippen MR) is 122 cm³/mol. The molecule has 0 N–H and O–H groups in total. The molecule has 0 aliphatic carbocycles. The van der Waals surface area contributed by atoms with Gasteiger partial charge < -0.3 is 14.2 Å². The van der Waals surface area contributed by atoms with Crippen molar-refractivity contribution in [2.75, 3.05) is 13.2 Å². The molecule has 1 saturated heterocycles. The Hall–Kier alpha value is -3.25. The van der Waals surface area contributed by atoms with Gasteiger partial charge in [0.2, 0.25) is 6.10 Å². The fourth-order valence-electron chi connectivity index (χ4n) is 3.69. The lowest BCUT2D eigenvalue weighted by Crippen LogP contribution is -2.26. The molecular weight excluding hydrogens is 424 g/mol. The summed E-state index contributed by atoms with van der Waals surface area (Å²) in [7, 11) is -0.262. The van der Waals surface area contributed by atoms with Gasteiger partial charge in [-0.3, -0.25) is 0 Å². The highest BCUT2D eigenvalue weighted by Crippen LogP contribution is 2.35. The number of ether oxygens (including phenoxy) is 3. The van der Waals surface area contributed by atoms with Crippen LogP contribution in [0.4, 0.5) is 0 Å². The highest BCUT2D eigenvalue weighted by Gasteiger charge is 2.31. The number of carbonyl (C=O) groups excluding carboxylic acids is 2. The lowest BCUT2D eigenvalue weighted by molar-refractivity contribution is -0.161. The first-order valence-electron chi connectivity index (χ1n) is 10.5. The SMILES string of the molecule is Cc1cc([S+](c2ccccc2)c2ccccc2)cc(C)c1OCC(=O)OC1CCOC1=O. The number of esters is 2. The molecule has 6 heteroatoms. The second kappa shape index (κ2) is 9.92. The van der Waals surface area contributed by atoms with Gasteiger partial charge in [-0.15, -0.1) is 0 Å². The van der Waals surface area contributed by atoms with E-state index in [1.54, 1.807) is 0 Å². The summed E-state index contributed by atoms with van der Waals surface area (Å²) >= 11 is 0. The fraction of sp³-hybridized carbons (Fsp3) is 0.231. The van der Waals surface area contributed by atoms with Crippen molar-refractivity contribution in [1.29, 1.82) is 0 Å². The van der Waals surface area contributed by atoms with Crippen LogP contribution in [0.2, 0.25) is 0 Å². The van der Waals surface area contributed by atoms with Crippen molar-refractivity contribution in [2.45, 2.75) is 41.1 Å². The van der Waals surface area contributed by atoms with Crippen molar-refractivity contribution in [1.82, 2.24) is 0 Å². The van der Waals surface area contributed by atoms with Crippen molar-refractivity contribution in [3.8, 4) is 5.75 Å². The Morgan fingerprint density at radius 3 is 2.00 bits per heavy atom. The second-order valence-electron chi connectivity index (χ2n) is 7.54. The summed E-state index contributed by atoms with van der Waals surface area (Å²) in [6.07, 6.45) is -0.437. The van der Waals surface area contributed by atoms with E-state index >= 15 is 0 Å². The minimum absolute atomic E-state index is 0.256. The Morgan fingerprint density at radius 2 is 1.50 bits per heavy atom. The number of rotatable bonds is 7. The third-order valence-electron chi connectivity index (χ3n) is 5.12. The number of hydrogen-bond donors (Lipinski definition) is 0. The molecule has 0 spiro atoms. The molecule has 0 amide bonds. The minimum atomic E-state index is -0.825. The van der Waals surface area contributed by atoms with Gasteiger partial charge in [-0.25, -0.2) is 9.59 Å². The highest BCUT2D eigenvalue weighted by molar-refractivity contribution is 7.97. The lowest BCUT2D eigenvalue weighted by Gasteiger charge is -2.15. The van der Waals surface area contributed by atoms with Crippen LogP contribution in [-0.4, -0.2) is 31.3 Å². The van der Waals surface area contributed by atoms with Gasteiger partial charge in [0.1, 0.15) is 5.75 Å². The summed E-state index contributed by atoms with van der Waals surface area (Å²) in [6, 6.07) is 25.1. The van der Waals surface area contributed by atoms with E-state index in [1.807, 2.05) is 26.0 Å². The van der Waals surface area contributed by atoms with Gasteiger partial charge >= 0.3 is 11.9 Å². The van der Waals surface area contributed by atoms with Gasteiger partial charge in [0.05, 0.1) is 17.5 Å².